The maximum atomic E-state index is 13.7. The quantitative estimate of drug-likeness (QED) is 0.708. The van der Waals surface area contributed by atoms with E-state index in [9.17, 15) is 13.2 Å². The van der Waals surface area contributed by atoms with E-state index in [4.69, 9.17) is 9.47 Å². The number of benzene rings is 2. The number of hydrogen-bond acceptors (Lipinski definition) is 5. The number of fused-ring (bicyclic) bond motifs is 1. The van der Waals surface area contributed by atoms with Gasteiger partial charge in [-0.15, -0.1) is 0 Å². The lowest BCUT2D eigenvalue weighted by molar-refractivity contribution is -0.0226. The van der Waals surface area contributed by atoms with Gasteiger partial charge in [0.15, 0.2) is 0 Å². The van der Waals surface area contributed by atoms with E-state index in [2.05, 4.69) is 0 Å². The van der Waals surface area contributed by atoms with Gasteiger partial charge in [-0.05, 0) is 49.1 Å². The van der Waals surface area contributed by atoms with Crippen LogP contribution in [-0.4, -0.2) is 58.7 Å². The van der Waals surface area contributed by atoms with Crippen LogP contribution < -0.4 is 9.04 Å². The molecule has 0 radical (unpaired) electrons. The molecule has 166 valence electrons. The first-order chi connectivity index (χ1) is 15.0. The Morgan fingerprint density at radius 1 is 1.19 bits per heavy atom. The van der Waals surface area contributed by atoms with E-state index in [0.29, 0.717) is 37.5 Å². The van der Waals surface area contributed by atoms with Crippen molar-refractivity contribution in [2.24, 2.45) is 0 Å². The average Bonchev–Trinajstić information content (AvgIpc) is 2.82. The molecule has 1 unspecified atom stereocenters. The molecule has 8 heteroatoms. The van der Waals surface area contributed by atoms with E-state index < -0.39 is 10.0 Å². The summed E-state index contributed by atoms with van der Waals surface area (Å²) in [6.45, 7) is 3.89. The van der Waals surface area contributed by atoms with E-state index in [-0.39, 0.29) is 22.7 Å². The second-order valence-electron chi connectivity index (χ2n) is 7.83. The van der Waals surface area contributed by atoms with Crippen molar-refractivity contribution in [3.8, 4) is 5.75 Å². The van der Waals surface area contributed by atoms with Gasteiger partial charge in [-0.1, -0.05) is 25.1 Å². The van der Waals surface area contributed by atoms with Crippen molar-refractivity contribution in [3.05, 3.63) is 53.6 Å². The number of carbonyl (C=O) groups excluding carboxylic acids is 1. The molecule has 2 heterocycles. The molecule has 1 atom stereocenters. The van der Waals surface area contributed by atoms with Gasteiger partial charge < -0.3 is 14.4 Å². The summed E-state index contributed by atoms with van der Waals surface area (Å²) in [6, 6.07) is 12.2. The fourth-order valence-corrected chi connectivity index (χ4v) is 5.94. The Morgan fingerprint density at radius 3 is 2.77 bits per heavy atom. The third-order valence-electron chi connectivity index (χ3n) is 5.93. The Hall–Kier alpha value is -2.58. The molecule has 31 heavy (non-hydrogen) atoms. The maximum Gasteiger partial charge on any atom is 0.268 e. The smallest absolute Gasteiger partial charge is 0.268 e. The van der Waals surface area contributed by atoms with Crippen LogP contribution >= 0.6 is 0 Å². The van der Waals surface area contributed by atoms with E-state index in [1.165, 1.54) is 17.5 Å². The Morgan fingerprint density at radius 2 is 2.00 bits per heavy atom. The highest BCUT2D eigenvalue weighted by Gasteiger charge is 2.33. The SMILES string of the molecule is CCC1CN(C(=O)c2ccc(OC)c(S(=O)(=O)N3CCCc4ccccc43)c2)CCO1. The molecule has 0 aromatic heterocycles. The monoisotopic (exact) mass is 444 g/mol. The first kappa shape index (κ1) is 21.6. The fourth-order valence-electron chi connectivity index (χ4n) is 4.21. The predicted molar refractivity (Wildman–Crippen MR) is 118 cm³/mol. The van der Waals surface area contributed by atoms with Gasteiger partial charge in [0.2, 0.25) is 0 Å². The summed E-state index contributed by atoms with van der Waals surface area (Å²) in [5.74, 6) is 0.0351. The number of methoxy groups -OCH3 is 1. The lowest BCUT2D eigenvalue weighted by atomic mass is 10.0. The zero-order chi connectivity index (χ0) is 22.0. The zero-order valence-corrected chi connectivity index (χ0v) is 18.7. The van der Waals surface area contributed by atoms with Crippen LogP contribution in [0.25, 0.3) is 0 Å². The van der Waals surface area contributed by atoms with Crippen LogP contribution in [-0.2, 0) is 21.2 Å². The number of amides is 1. The molecular formula is C23H28N2O5S. The molecule has 0 bridgehead atoms. The lowest BCUT2D eigenvalue weighted by Crippen LogP contribution is -2.45. The summed E-state index contributed by atoms with van der Waals surface area (Å²) in [5, 5.41) is 0. The van der Waals surface area contributed by atoms with E-state index in [0.717, 1.165) is 24.8 Å². The largest absolute Gasteiger partial charge is 0.495 e. The summed E-state index contributed by atoms with van der Waals surface area (Å²) >= 11 is 0. The van der Waals surface area contributed by atoms with Crippen LogP contribution in [0.2, 0.25) is 0 Å². The summed E-state index contributed by atoms with van der Waals surface area (Å²) < 4.78 is 39.8. The molecule has 2 aliphatic rings. The molecule has 4 rings (SSSR count). The van der Waals surface area contributed by atoms with Crippen molar-refractivity contribution in [1.82, 2.24) is 4.90 Å². The number of sulfonamides is 1. The number of hydrogen-bond donors (Lipinski definition) is 0. The highest BCUT2D eigenvalue weighted by Crippen LogP contribution is 2.35. The Bertz CT molecular complexity index is 1070. The minimum Gasteiger partial charge on any atom is -0.495 e. The minimum atomic E-state index is -3.91. The number of aryl methyl sites for hydroxylation is 1. The molecule has 7 nitrogen and oxygen atoms in total. The first-order valence-corrected chi connectivity index (χ1v) is 12.1. The van der Waals surface area contributed by atoms with Crippen LogP contribution in [0.3, 0.4) is 0 Å². The molecule has 0 aliphatic carbocycles. The van der Waals surface area contributed by atoms with Crippen LogP contribution in [0.4, 0.5) is 5.69 Å². The fraction of sp³-hybridized carbons (Fsp3) is 0.435. The molecule has 2 aromatic rings. The van der Waals surface area contributed by atoms with Crippen molar-refractivity contribution in [3.63, 3.8) is 0 Å². The molecule has 0 saturated carbocycles. The molecule has 2 aliphatic heterocycles. The second-order valence-corrected chi connectivity index (χ2v) is 9.66. The zero-order valence-electron chi connectivity index (χ0n) is 17.9. The molecule has 1 amide bonds. The standard InChI is InChI=1S/C23H28N2O5S/c1-3-19-16-24(13-14-30-19)23(26)18-10-11-21(29-2)22(15-18)31(27,28)25-12-6-8-17-7-4-5-9-20(17)25/h4-5,7,9-11,15,19H,3,6,8,12-14,16H2,1-2H3. The van der Waals surface area contributed by atoms with Crippen LogP contribution in [0.1, 0.15) is 35.7 Å². The third-order valence-corrected chi connectivity index (χ3v) is 7.76. The molecule has 2 aromatic carbocycles. The summed E-state index contributed by atoms with van der Waals surface area (Å²) in [5.41, 5.74) is 2.02. The van der Waals surface area contributed by atoms with Crippen molar-refractivity contribution in [2.75, 3.05) is 37.7 Å². The number of ether oxygens (including phenoxy) is 2. The molecule has 1 fully saturated rings. The Kier molecular flexibility index (Phi) is 6.20. The molecule has 0 spiro atoms. The van der Waals surface area contributed by atoms with Gasteiger partial charge in [0, 0.05) is 25.2 Å². The number of morpholine rings is 1. The average molecular weight is 445 g/mol. The highest BCUT2D eigenvalue weighted by molar-refractivity contribution is 7.93. The number of nitrogens with zero attached hydrogens (tertiary/aromatic N) is 2. The van der Waals surface area contributed by atoms with E-state index >= 15 is 0 Å². The number of rotatable bonds is 5. The Labute approximate surface area is 183 Å². The van der Waals surface area contributed by atoms with Gasteiger partial charge in [0.05, 0.1) is 25.5 Å². The van der Waals surface area contributed by atoms with Gasteiger partial charge >= 0.3 is 0 Å². The van der Waals surface area contributed by atoms with Gasteiger partial charge in [-0.3, -0.25) is 9.10 Å². The summed E-state index contributed by atoms with van der Waals surface area (Å²) in [6.07, 6.45) is 2.40. The lowest BCUT2D eigenvalue weighted by Gasteiger charge is -2.33. The number of carbonyl (C=O) groups is 1. The van der Waals surface area contributed by atoms with Crippen LogP contribution in [0, 0.1) is 0 Å². The number of para-hydroxylation sites is 1. The topological polar surface area (TPSA) is 76.2 Å². The molecule has 0 N–H and O–H groups in total. The van der Waals surface area contributed by atoms with Crippen molar-refractivity contribution >= 4 is 21.6 Å². The normalized spacial score (nSPS) is 19.1. The maximum absolute atomic E-state index is 13.7. The second kappa shape index (κ2) is 8.88. The van der Waals surface area contributed by atoms with E-state index in [1.54, 1.807) is 17.0 Å². The highest BCUT2D eigenvalue weighted by atomic mass is 32.2. The molecule has 1 saturated heterocycles. The predicted octanol–water partition coefficient (Wildman–Crippen LogP) is 3.09. The minimum absolute atomic E-state index is 0.00371. The van der Waals surface area contributed by atoms with Crippen LogP contribution in [0.5, 0.6) is 5.75 Å². The van der Waals surface area contributed by atoms with Crippen molar-refractivity contribution in [2.45, 2.75) is 37.2 Å². The third kappa shape index (κ3) is 4.14. The molecular weight excluding hydrogens is 416 g/mol. The van der Waals surface area contributed by atoms with Gasteiger partial charge in [0.25, 0.3) is 15.9 Å². The van der Waals surface area contributed by atoms with Crippen molar-refractivity contribution < 1.29 is 22.7 Å². The van der Waals surface area contributed by atoms with E-state index in [1.807, 2.05) is 31.2 Å². The summed E-state index contributed by atoms with van der Waals surface area (Å²) in [7, 11) is -2.47. The Balaban J connectivity index is 1.71. The first-order valence-electron chi connectivity index (χ1n) is 10.6. The number of anilines is 1. The van der Waals surface area contributed by atoms with Gasteiger partial charge in [0.1, 0.15) is 10.6 Å². The van der Waals surface area contributed by atoms with Crippen molar-refractivity contribution in [1.29, 1.82) is 0 Å². The summed E-state index contributed by atoms with van der Waals surface area (Å²) in [4.78, 5) is 14.9. The van der Waals surface area contributed by atoms with Crippen LogP contribution in [0.15, 0.2) is 47.4 Å². The van der Waals surface area contributed by atoms with Gasteiger partial charge in [-0.2, -0.15) is 0 Å². The van der Waals surface area contributed by atoms with Gasteiger partial charge in [-0.25, -0.2) is 8.42 Å².